The van der Waals surface area contributed by atoms with E-state index in [1.807, 2.05) is 0 Å². The van der Waals surface area contributed by atoms with E-state index < -0.39 is 7.26 Å². The monoisotopic (exact) mass is 481 g/mol. The molecule has 1 fully saturated rings. The van der Waals surface area contributed by atoms with Gasteiger partial charge in [-0.25, -0.2) is 0 Å². The zero-order valence-electron chi connectivity index (χ0n) is 21.4. The van der Waals surface area contributed by atoms with Gasteiger partial charge in [-0.05, 0) is 79.1 Å². The van der Waals surface area contributed by atoms with Crippen molar-refractivity contribution >= 4 is 23.2 Å². The number of hydrogen-bond acceptors (Lipinski definition) is 1. The topological polar surface area (TPSA) is 20.2 Å². The highest BCUT2D eigenvalue weighted by atomic mass is 31.2. The number of allylic oxidation sites excluding steroid dienone is 5. The van der Waals surface area contributed by atoms with Crippen LogP contribution in [0.4, 0.5) is 0 Å². The second kappa shape index (κ2) is 10.9. The largest absolute Gasteiger partial charge is 0.393 e. The molecule has 180 valence electrons. The van der Waals surface area contributed by atoms with Gasteiger partial charge in [0.15, 0.2) is 0 Å². The normalized spacial score (nSPS) is 22.0. The van der Waals surface area contributed by atoms with Gasteiger partial charge in [0.25, 0.3) is 0 Å². The molecule has 1 nitrogen and oxygen atoms in total. The Kier molecular flexibility index (Phi) is 7.90. The third-order valence-electron chi connectivity index (χ3n) is 7.26. The van der Waals surface area contributed by atoms with Crippen LogP contribution in [-0.4, -0.2) is 11.2 Å². The van der Waals surface area contributed by atoms with Crippen molar-refractivity contribution in [2.75, 3.05) is 0 Å². The molecule has 1 aliphatic rings. The molecule has 3 aromatic carbocycles. The third-order valence-corrected chi connectivity index (χ3v) is 11.2. The second-order valence-electron chi connectivity index (χ2n) is 10.5. The van der Waals surface area contributed by atoms with Crippen molar-refractivity contribution in [1.82, 2.24) is 0 Å². The number of rotatable bonds is 6. The van der Waals surface area contributed by atoms with Crippen molar-refractivity contribution < 1.29 is 5.11 Å². The lowest BCUT2D eigenvalue weighted by Crippen LogP contribution is -2.33. The Labute approximate surface area is 212 Å². The van der Waals surface area contributed by atoms with E-state index in [0.717, 1.165) is 12.8 Å². The molecule has 0 spiro atoms. The fourth-order valence-electron chi connectivity index (χ4n) is 5.58. The first-order valence-corrected chi connectivity index (χ1v) is 14.5. The van der Waals surface area contributed by atoms with Gasteiger partial charge in [-0.2, -0.15) is 0 Å². The van der Waals surface area contributed by atoms with E-state index in [9.17, 15) is 5.11 Å². The maximum atomic E-state index is 10.3. The van der Waals surface area contributed by atoms with E-state index in [1.54, 1.807) is 0 Å². The summed E-state index contributed by atoms with van der Waals surface area (Å²) in [7, 11) is -1.98. The van der Waals surface area contributed by atoms with Gasteiger partial charge in [-0.1, -0.05) is 93.1 Å². The Balaban J connectivity index is 1.80. The standard InChI is InChI=1S/C33H38OP/c1-26(20-21-32-27(2)24-28(34)25-33(32,3)4)22-23-35(29-14-8-5-9-15-29,30-16-10-6-11-17-30)31-18-12-7-13-19-31/h5-23,27-28,34H,24-25H2,1-4H3/q+1/t27-,28+/m0/s1. The summed E-state index contributed by atoms with van der Waals surface area (Å²) < 4.78 is 0. The summed E-state index contributed by atoms with van der Waals surface area (Å²) in [6.07, 6.45) is 8.36. The predicted octanol–water partition coefficient (Wildman–Crippen LogP) is 7.18. The highest BCUT2D eigenvalue weighted by molar-refractivity contribution is 7.98. The molecular weight excluding hydrogens is 443 g/mol. The van der Waals surface area contributed by atoms with Crippen LogP contribution in [0.5, 0.6) is 0 Å². The average Bonchev–Trinajstić information content (AvgIpc) is 2.85. The fraction of sp³-hybridized carbons (Fsp3) is 0.273. The minimum Gasteiger partial charge on any atom is -0.393 e. The molecule has 0 bridgehead atoms. The first kappa shape index (κ1) is 25.4. The van der Waals surface area contributed by atoms with E-state index in [2.05, 4.69) is 143 Å². The van der Waals surface area contributed by atoms with E-state index in [1.165, 1.54) is 27.1 Å². The molecule has 1 aliphatic carbocycles. The van der Waals surface area contributed by atoms with Gasteiger partial charge in [0, 0.05) is 0 Å². The SMILES string of the molecule is CC(C=C[P+](c1ccccc1)(c1ccccc1)c1ccccc1)=CC=C1[C@@H](C)C[C@@H](O)CC1(C)C. The summed E-state index contributed by atoms with van der Waals surface area (Å²) >= 11 is 0. The molecule has 0 aromatic heterocycles. The number of benzene rings is 3. The van der Waals surface area contributed by atoms with Crippen molar-refractivity contribution in [3.63, 3.8) is 0 Å². The molecule has 0 unspecified atom stereocenters. The number of aliphatic hydroxyl groups is 1. The summed E-state index contributed by atoms with van der Waals surface area (Å²) in [5.74, 6) is 2.86. The highest BCUT2D eigenvalue weighted by Crippen LogP contribution is 2.57. The Morgan fingerprint density at radius 2 is 1.29 bits per heavy atom. The van der Waals surface area contributed by atoms with Gasteiger partial charge in [0.2, 0.25) is 0 Å². The van der Waals surface area contributed by atoms with Crippen molar-refractivity contribution in [1.29, 1.82) is 0 Å². The maximum absolute atomic E-state index is 10.3. The molecule has 35 heavy (non-hydrogen) atoms. The molecule has 4 rings (SSSR count). The molecule has 2 atom stereocenters. The summed E-state index contributed by atoms with van der Waals surface area (Å²) in [6.45, 7) is 8.95. The molecule has 1 N–H and O–H groups in total. The second-order valence-corrected chi connectivity index (χ2v) is 13.7. The minimum absolute atomic E-state index is 0.0203. The van der Waals surface area contributed by atoms with Crippen molar-refractivity contribution in [2.45, 2.75) is 46.6 Å². The first-order valence-electron chi connectivity index (χ1n) is 12.6. The third kappa shape index (κ3) is 5.58. The van der Waals surface area contributed by atoms with Crippen LogP contribution >= 0.6 is 7.26 Å². The van der Waals surface area contributed by atoms with Crippen molar-refractivity contribution in [3.8, 4) is 0 Å². The van der Waals surface area contributed by atoms with Crippen molar-refractivity contribution in [2.24, 2.45) is 11.3 Å². The van der Waals surface area contributed by atoms with Crippen LogP contribution in [0, 0.1) is 11.3 Å². The summed E-state index contributed by atoms with van der Waals surface area (Å²) in [4.78, 5) is 0. The predicted molar refractivity (Wildman–Crippen MR) is 154 cm³/mol. The van der Waals surface area contributed by atoms with E-state index in [-0.39, 0.29) is 11.5 Å². The molecule has 0 saturated heterocycles. The Morgan fingerprint density at radius 3 is 1.71 bits per heavy atom. The summed E-state index contributed by atoms with van der Waals surface area (Å²) in [6, 6.07) is 32.8. The average molecular weight is 482 g/mol. The quantitative estimate of drug-likeness (QED) is 0.292. The van der Waals surface area contributed by atoms with Gasteiger partial charge < -0.3 is 5.11 Å². The Hall–Kier alpha value is -2.73. The van der Waals surface area contributed by atoms with Crippen LogP contribution in [0.1, 0.15) is 40.5 Å². The van der Waals surface area contributed by atoms with Crippen LogP contribution in [0.3, 0.4) is 0 Å². The zero-order chi connectivity index (χ0) is 24.9. The lowest BCUT2D eigenvalue weighted by molar-refractivity contribution is 0.0769. The van der Waals surface area contributed by atoms with E-state index in [0.29, 0.717) is 5.92 Å². The summed E-state index contributed by atoms with van der Waals surface area (Å²) in [5.41, 5.74) is 2.69. The molecule has 3 aromatic rings. The van der Waals surface area contributed by atoms with Gasteiger partial charge >= 0.3 is 0 Å². The molecule has 0 amide bonds. The lowest BCUT2D eigenvalue weighted by Gasteiger charge is -2.40. The molecule has 2 heteroatoms. The maximum Gasteiger partial charge on any atom is 0.136 e. The number of hydrogen-bond donors (Lipinski definition) is 1. The van der Waals surface area contributed by atoms with Crippen LogP contribution in [-0.2, 0) is 0 Å². The van der Waals surface area contributed by atoms with Gasteiger partial charge in [-0.3, -0.25) is 0 Å². The van der Waals surface area contributed by atoms with Gasteiger partial charge in [0.1, 0.15) is 23.2 Å². The molecule has 0 heterocycles. The number of aliphatic hydroxyl groups excluding tert-OH is 1. The molecule has 1 saturated carbocycles. The summed E-state index contributed by atoms with van der Waals surface area (Å²) in [5, 5.41) is 14.3. The minimum atomic E-state index is -1.98. The van der Waals surface area contributed by atoms with Crippen LogP contribution in [0.2, 0.25) is 0 Å². The Morgan fingerprint density at radius 1 is 0.829 bits per heavy atom. The van der Waals surface area contributed by atoms with Gasteiger partial charge in [0.05, 0.1) is 11.9 Å². The van der Waals surface area contributed by atoms with E-state index >= 15 is 0 Å². The van der Waals surface area contributed by atoms with E-state index in [4.69, 9.17) is 0 Å². The lowest BCUT2D eigenvalue weighted by atomic mass is 9.67. The Bertz CT molecular complexity index is 1090. The molecular formula is C33H38OP+. The first-order chi connectivity index (χ1) is 16.8. The fourth-order valence-corrected chi connectivity index (χ4v) is 9.38. The van der Waals surface area contributed by atoms with Crippen molar-refractivity contribution in [3.05, 3.63) is 126 Å². The molecule has 0 aliphatic heterocycles. The molecule has 0 radical (unpaired) electrons. The van der Waals surface area contributed by atoms with Gasteiger partial charge in [-0.15, -0.1) is 0 Å². The smallest absolute Gasteiger partial charge is 0.136 e. The van der Waals surface area contributed by atoms with Crippen LogP contribution < -0.4 is 15.9 Å². The van der Waals surface area contributed by atoms with Crippen LogP contribution in [0.25, 0.3) is 0 Å². The van der Waals surface area contributed by atoms with Crippen LogP contribution in [0.15, 0.2) is 126 Å². The zero-order valence-corrected chi connectivity index (χ0v) is 22.3. The highest BCUT2D eigenvalue weighted by Gasteiger charge is 2.43.